The van der Waals surface area contributed by atoms with Crippen molar-refractivity contribution in [2.24, 2.45) is 5.73 Å². The Kier molecular flexibility index (Phi) is 0.613. The molecule has 0 saturated heterocycles. The van der Waals surface area contributed by atoms with Crippen LogP contribution in [-0.4, -0.2) is 10.6 Å². The smallest absolute Gasteiger partial charge is 0.266 e. The van der Waals surface area contributed by atoms with E-state index < -0.39 is 10.6 Å². The van der Waals surface area contributed by atoms with Gasteiger partial charge in [0.05, 0.1) is 0 Å². The summed E-state index contributed by atoms with van der Waals surface area (Å²) in [6, 6.07) is 0. The van der Waals surface area contributed by atoms with Crippen LogP contribution in [0.1, 0.15) is 12.8 Å². The van der Waals surface area contributed by atoms with Crippen molar-refractivity contribution in [2.45, 2.75) is 18.5 Å². The zero-order valence-electron chi connectivity index (χ0n) is 3.76. The molecule has 1 saturated carbocycles. The molecule has 0 aromatic heterocycles. The second kappa shape index (κ2) is 0.949. The summed E-state index contributed by atoms with van der Waals surface area (Å²) in [5.41, 5.74) is 4.06. The Bertz CT molecular complexity index is 108. The lowest BCUT2D eigenvalue weighted by Gasteiger charge is -1.93. The minimum absolute atomic E-state index is 0.424. The Labute approximate surface area is 40.5 Å². The predicted octanol–water partition coefficient (Wildman–Crippen LogP) is -0.288. The summed E-state index contributed by atoms with van der Waals surface area (Å²) in [5, 5.41) is 9.76. The first-order chi connectivity index (χ1) is 3.15. The van der Waals surface area contributed by atoms with E-state index in [1.807, 2.05) is 0 Å². The van der Waals surface area contributed by atoms with Gasteiger partial charge in [-0.3, -0.25) is 15.8 Å². The third-order valence-corrected chi connectivity index (χ3v) is 1.13. The van der Waals surface area contributed by atoms with Crippen LogP contribution in [0.3, 0.4) is 0 Å². The van der Waals surface area contributed by atoms with Crippen LogP contribution in [0.5, 0.6) is 0 Å². The van der Waals surface area contributed by atoms with Gasteiger partial charge < -0.3 is 0 Å². The van der Waals surface area contributed by atoms with Gasteiger partial charge in [-0.2, -0.15) is 0 Å². The molecule has 0 spiro atoms. The quantitative estimate of drug-likeness (QED) is 0.281. The van der Waals surface area contributed by atoms with Gasteiger partial charge >= 0.3 is 0 Å². The lowest BCUT2D eigenvalue weighted by atomic mass is 10.6. The molecule has 0 aliphatic heterocycles. The highest BCUT2D eigenvalue weighted by molar-refractivity contribution is 4.87. The van der Waals surface area contributed by atoms with Crippen molar-refractivity contribution in [1.29, 1.82) is 0 Å². The molecular formula is C3H6N2O2. The Hall–Kier alpha value is -0.640. The molecule has 0 radical (unpaired) electrons. The minimum Gasteiger partial charge on any atom is -0.266 e. The summed E-state index contributed by atoms with van der Waals surface area (Å²) in [7, 11) is 0. The fraction of sp³-hybridized carbons (Fsp3) is 1.00. The Balaban J connectivity index is 2.55. The molecule has 1 rings (SSSR count). The average molecular weight is 102 g/mol. The van der Waals surface area contributed by atoms with Gasteiger partial charge in [-0.15, -0.1) is 0 Å². The average Bonchev–Trinajstić information content (AvgIpc) is 2.21. The highest BCUT2D eigenvalue weighted by Crippen LogP contribution is 2.31. The van der Waals surface area contributed by atoms with Gasteiger partial charge in [-0.05, 0) is 0 Å². The van der Waals surface area contributed by atoms with Crippen molar-refractivity contribution in [3.05, 3.63) is 10.1 Å². The van der Waals surface area contributed by atoms with Crippen molar-refractivity contribution in [3.8, 4) is 0 Å². The van der Waals surface area contributed by atoms with E-state index >= 15 is 0 Å². The van der Waals surface area contributed by atoms with Crippen molar-refractivity contribution in [2.75, 3.05) is 0 Å². The van der Waals surface area contributed by atoms with Crippen LogP contribution in [-0.2, 0) is 0 Å². The van der Waals surface area contributed by atoms with Crippen LogP contribution < -0.4 is 5.73 Å². The summed E-state index contributed by atoms with van der Waals surface area (Å²) in [6.07, 6.45) is 1.08. The monoisotopic (exact) mass is 102 g/mol. The van der Waals surface area contributed by atoms with Gasteiger partial charge in [-0.25, -0.2) is 0 Å². The summed E-state index contributed by atoms with van der Waals surface area (Å²) in [4.78, 5) is 9.34. The van der Waals surface area contributed by atoms with Crippen LogP contribution in [0.2, 0.25) is 0 Å². The maximum absolute atomic E-state index is 9.76. The topological polar surface area (TPSA) is 69.2 Å². The third kappa shape index (κ3) is 0.564. The second-order valence-corrected chi connectivity index (χ2v) is 1.86. The van der Waals surface area contributed by atoms with E-state index in [-0.39, 0.29) is 0 Å². The molecule has 0 heterocycles. The lowest BCUT2D eigenvalue weighted by molar-refractivity contribution is -0.537. The van der Waals surface area contributed by atoms with E-state index in [9.17, 15) is 10.1 Å². The molecular weight excluding hydrogens is 96.0 g/mol. The van der Waals surface area contributed by atoms with Gasteiger partial charge in [0.15, 0.2) is 0 Å². The molecule has 4 nitrogen and oxygen atoms in total. The number of rotatable bonds is 1. The molecule has 1 aliphatic rings. The third-order valence-electron chi connectivity index (χ3n) is 1.13. The molecule has 0 aromatic rings. The molecule has 1 fully saturated rings. The molecule has 2 N–H and O–H groups in total. The Morgan fingerprint density at radius 2 is 2.14 bits per heavy atom. The number of hydrogen-bond acceptors (Lipinski definition) is 3. The first kappa shape index (κ1) is 4.52. The molecule has 0 amide bonds. The molecule has 40 valence electrons. The normalized spacial score (nSPS) is 24.1. The predicted molar refractivity (Wildman–Crippen MR) is 23.1 cm³/mol. The molecule has 0 bridgehead atoms. The van der Waals surface area contributed by atoms with Gasteiger partial charge in [-0.1, -0.05) is 0 Å². The highest BCUT2D eigenvalue weighted by Gasteiger charge is 2.51. The largest absolute Gasteiger partial charge is 0.273 e. The van der Waals surface area contributed by atoms with E-state index in [1.54, 1.807) is 0 Å². The summed E-state index contributed by atoms with van der Waals surface area (Å²) >= 11 is 0. The fourth-order valence-corrected chi connectivity index (χ4v) is 0.311. The van der Waals surface area contributed by atoms with E-state index in [2.05, 4.69) is 0 Å². The van der Waals surface area contributed by atoms with Crippen LogP contribution in [0.15, 0.2) is 0 Å². The summed E-state index contributed by atoms with van der Waals surface area (Å²) < 4.78 is 0. The molecule has 1 aliphatic carbocycles. The first-order valence-corrected chi connectivity index (χ1v) is 2.08. The molecule has 4 heteroatoms. The molecule has 0 atom stereocenters. The van der Waals surface area contributed by atoms with Crippen LogP contribution in [0.25, 0.3) is 0 Å². The number of nitro groups is 1. The van der Waals surface area contributed by atoms with E-state index in [0.717, 1.165) is 0 Å². The summed E-state index contributed by atoms with van der Waals surface area (Å²) in [6.45, 7) is 0. The second-order valence-electron chi connectivity index (χ2n) is 1.86. The maximum atomic E-state index is 9.76. The number of nitrogens with two attached hydrogens (primary N) is 1. The zero-order valence-corrected chi connectivity index (χ0v) is 3.76. The Morgan fingerprint density at radius 1 is 1.71 bits per heavy atom. The number of nitrogens with zero attached hydrogens (tertiary/aromatic N) is 1. The molecule has 0 aromatic carbocycles. The Morgan fingerprint density at radius 3 is 2.14 bits per heavy atom. The molecule has 7 heavy (non-hydrogen) atoms. The van der Waals surface area contributed by atoms with E-state index in [1.165, 1.54) is 0 Å². The van der Waals surface area contributed by atoms with Crippen LogP contribution in [0, 0.1) is 10.1 Å². The maximum Gasteiger partial charge on any atom is 0.273 e. The SMILES string of the molecule is NC1([N+](=O)[O-])CC1. The van der Waals surface area contributed by atoms with E-state index in [4.69, 9.17) is 5.73 Å². The highest BCUT2D eigenvalue weighted by atomic mass is 16.6. The van der Waals surface area contributed by atoms with Crippen molar-refractivity contribution in [1.82, 2.24) is 0 Å². The summed E-state index contributed by atoms with van der Waals surface area (Å²) in [5.74, 6) is 0. The van der Waals surface area contributed by atoms with E-state index in [0.29, 0.717) is 12.8 Å². The van der Waals surface area contributed by atoms with Crippen molar-refractivity contribution < 1.29 is 4.92 Å². The fourth-order valence-electron chi connectivity index (χ4n) is 0.311. The molecule has 0 unspecified atom stereocenters. The van der Waals surface area contributed by atoms with Crippen LogP contribution in [0.4, 0.5) is 0 Å². The lowest BCUT2D eigenvalue weighted by Crippen LogP contribution is -2.31. The van der Waals surface area contributed by atoms with Gasteiger partial charge in [0.2, 0.25) is 0 Å². The van der Waals surface area contributed by atoms with Crippen LogP contribution >= 0.6 is 0 Å². The first-order valence-electron chi connectivity index (χ1n) is 2.08. The van der Waals surface area contributed by atoms with Crippen molar-refractivity contribution >= 4 is 0 Å². The zero-order chi connectivity index (χ0) is 5.49. The van der Waals surface area contributed by atoms with Gasteiger partial charge in [0.25, 0.3) is 5.66 Å². The van der Waals surface area contributed by atoms with Crippen molar-refractivity contribution in [3.63, 3.8) is 0 Å². The standard InChI is InChI=1S/C3H6N2O2/c4-3(1-2-3)5(6)7/h1-2,4H2. The number of hydrogen-bond donors (Lipinski definition) is 1. The minimum atomic E-state index is -1.03. The van der Waals surface area contributed by atoms with Gasteiger partial charge in [0, 0.05) is 17.8 Å². The van der Waals surface area contributed by atoms with Gasteiger partial charge in [0.1, 0.15) is 0 Å².